The zero-order valence-electron chi connectivity index (χ0n) is 10.7. The summed E-state index contributed by atoms with van der Waals surface area (Å²) in [7, 11) is 0. The van der Waals surface area contributed by atoms with Gasteiger partial charge in [-0.2, -0.15) is 0 Å². The summed E-state index contributed by atoms with van der Waals surface area (Å²) in [5.74, 6) is 0.910. The minimum Gasteiger partial charge on any atom is -0.382 e. The fraction of sp³-hybridized carbons (Fsp3) is 0.600. The Balaban J connectivity index is 1.62. The maximum atomic E-state index is 3.60. The smallest absolute Gasteiger partial charge is 0.0367 e. The molecule has 1 saturated carbocycles. The van der Waals surface area contributed by atoms with Gasteiger partial charge in [-0.05, 0) is 62.8 Å². The third kappa shape index (κ3) is 2.56. The Labute approximate surface area is 104 Å². The molecule has 0 spiro atoms. The van der Waals surface area contributed by atoms with Crippen molar-refractivity contribution in [3.05, 3.63) is 24.3 Å². The van der Waals surface area contributed by atoms with E-state index in [1.165, 1.54) is 50.1 Å². The van der Waals surface area contributed by atoms with Gasteiger partial charge < -0.3 is 10.2 Å². The van der Waals surface area contributed by atoms with Gasteiger partial charge in [0.1, 0.15) is 0 Å². The van der Waals surface area contributed by atoms with Crippen molar-refractivity contribution in [2.24, 2.45) is 5.92 Å². The molecule has 0 bridgehead atoms. The van der Waals surface area contributed by atoms with Gasteiger partial charge in [-0.1, -0.05) is 0 Å². The second kappa shape index (κ2) is 4.59. The van der Waals surface area contributed by atoms with Crippen molar-refractivity contribution in [3.63, 3.8) is 0 Å². The van der Waals surface area contributed by atoms with Crippen LogP contribution in [-0.4, -0.2) is 19.1 Å². The van der Waals surface area contributed by atoms with Crippen LogP contribution >= 0.6 is 0 Å². The van der Waals surface area contributed by atoms with Gasteiger partial charge in [0.05, 0.1) is 0 Å². The molecule has 0 aromatic heterocycles. The molecule has 17 heavy (non-hydrogen) atoms. The highest BCUT2D eigenvalue weighted by Crippen LogP contribution is 2.34. The van der Waals surface area contributed by atoms with E-state index in [9.17, 15) is 0 Å². The van der Waals surface area contributed by atoms with Gasteiger partial charge in [0.2, 0.25) is 0 Å². The number of benzene rings is 1. The molecular formula is C15H22N2. The first-order chi connectivity index (χ1) is 8.33. The minimum atomic E-state index is 0.632. The van der Waals surface area contributed by atoms with Crippen molar-refractivity contribution in [2.45, 2.75) is 38.6 Å². The van der Waals surface area contributed by atoms with Gasteiger partial charge in [0.15, 0.2) is 0 Å². The Hall–Kier alpha value is -1.18. The summed E-state index contributed by atoms with van der Waals surface area (Å²) in [4.78, 5) is 2.48. The molecule has 1 heterocycles. The third-order valence-electron chi connectivity index (χ3n) is 4.06. The largest absolute Gasteiger partial charge is 0.382 e. The zero-order valence-corrected chi connectivity index (χ0v) is 10.7. The SMILES string of the molecule is CC(Nc1ccc(N2CCCC2)cc1)C1CC1. The van der Waals surface area contributed by atoms with E-state index in [1.807, 2.05) is 0 Å². The monoisotopic (exact) mass is 230 g/mol. The van der Waals surface area contributed by atoms with Gasteiger partial charge in [-0.15, -0.1) is 0 Å². The van der Waals surface area contributed by atoms with E-state index in [2.05, 4.69) is 41.4 Å². The fourth-order valence-corrected chi connectivity index (χ4v) is 2.72. The molecule has 1 aromatic rings. The summed E-state index contributed by atoms with van der Waals surface area (Å²) >= 11 is 0. The van der Waals surface area contributed by atoms with Crippen molar-refractivity contribution < 1.29 is 0 Å². The van der Waals surface area contributed by atoms with E-state index in [-0.39, 0.29) is 0 Å². The third-order valence-corrected chi connectivity index (χ3v) is 4.06. The predicted molar refractivity (Wildman–Crippen MR) is 73.7 cm³/mol. The number of rotatable bonds is 4. The number of hydrogen-bond donors (Lipinski definition) is 1. The molecule has 2 nitrogen and oxygen atoms in total. The van der Waals surface area contributed by atoms with Crippen LogP contribution in [-0.2, 0) is 0 Å². The van der Waals surface area contributed by atoms with Crippen LogP contribution in [0.25, 0.3) is 0 Å². The summed E-state index contributed by atoms with van der Waals surface area (Å²) in [5.41, 5.74) is 2.65. The van der Waals surface area contributed by atoms with Crippen molar-refractivity contribution in [2.75, 3.05) is 23.3 Å². The van der Waals surface area contributed by atoms with Gasteiger partial charge >= 0.3 is 0 Å². The molecule has 1 aliphatic carbocycles. The van der Waals surface area contributed by atoms with E-state index in [0.29, 0.717) is 6.04 Å². The lowest BCUT2D eigenvalue weighted by molar-refractivity contribution is 0.694. The summed E-state index contributed by atoms with van der Waals surface area (Å²) in [5, 5.41) is 3.60. The minimum absolute atomic E-state index is 0.632. The van der Waals surface area contributed by atoms with Crippen LogP contribution in [0.5, 0.6) is 0 Å². The molecule has 1 atom stereocenters. The number of nitrogens with one attached hydrogen (secondary N) is 1. The first-order valence-corrected chi connectivity index (χ1v) is 6.94. The van der Waals surface area contributed by atoms with E-state index in [0.717, 1.165) is 5.92 Å². The predicted octanol–water partition coefficient (Wildman–Crippen LogP) is 3.50. The fourth-order valence-electron chi connectivity index (χ4n) is 2.72. The topological polar surface area (TPSA) is 15.3 Å². The van der Waals surface area contributed by atoms with Crippen LogP contribution in [0.2, 0.25) is 0 Å². The quantitative estimate of drug-likeness (QED) is 0.851. The Morgan fingerprint density at radius 2 is 1.76 bits per heavy atom. The van der Waals surface area contributed by atoms with Gasteiger partial charge in [-0.3, -0.25) is 0 Å². The lowest BCUT2D eigenvalue weighted by atomic mass is 10.2. The summed E-state index contributed by atoms with van der Waals surface area (Å²) in [6, 6.07) is 9.60. The van der Waals surface area contributed by atoms with Gasteiger partial charge in [0, 0.05) is 30.5 Å². The van der Waals surface area contributed by atoms with Gasteiger partial charge in [0.25, 0.3) is 0 Å². The highest BCUT2D eigenvalue weighted by Gasteiger charge is 2.27. The zero-order chi connectivity index (χ0) is 11.7. The first-order valence-electron chi connectivity index (χ1n) is 6.94. The molecular weight excluding hydrogens is 208 g/mol. The van der Waals surface area contributed by atoms with Crippen molar-refractivity contribution in [1.29, 1.82) is 0 Å². The van der Waals surface area contributed by atoms with E-state index in [1.54, 1.807) is 0 Å². The first kappa shape index (κ1) is 10.9. The number of anilines is 2. The van der Waals surface area contributed by atoms with Crippen molar-refractivity contribution >= 4 is 11.4 Å². The second-order valence-electron chi connectivity index (χ2n) is 5.51. The van der Waals surface area contributed by atoms with Crippen LogP contribution in [0.3, 0.4) is 0 Å². The van der Waals surface area contributed by atoms with E-state index in [4.69, 9.17) is 0 Å². The highest BCUT2D eigenvalue weighted by molar-refractivity contribution is 5.55. The molecule has 2 fully saturated rings. The number of nitrogens with zero attached hydrogens (tertiary/aromatic N) is 1. The van der Waals surface area contributed by atoms with Crippen LogP contribution in [0, 0.1) is 5.92 Å². The second-order valence-corrected chi connectivity index (χ2v) is 5.51. The molecule has 1 aliphatic heterocycles. The maximum Gasteiger partial charge on any atom is 0.0367 e. The molecule has 1 saturated heterocycles. The molecule has 2 heteroatoms. The van der Waals surface area contributed by atoms with E-state index < -0.39 is 0 Å². The van der Waals surface area contributed by atoms with Crippen LogP contribution in [0.4, 0.5) is 11.4 Å². The Kier molecular flexibility index (Phi) is 2.96. The average Bonchev–Trinajstić information content (AvgIpc) is 3.07. The summed E-state index contributed by atoms with van der Waals surface area (Å²) in [6.07, 6.45) is 5.50. The van der Waals surface area contributed by atoms with Crippen molar-refractivity contribution in [3.8, 4) is 0 Å². The van der Waals surface area contributed by atoms with Crippen LogP contribution in [0.1, 0.15) is 32.6 Å². The lowest BCUT2D eigenvalue weighted by Gasteiger charge is -2.19. The Morgan fingerprint density at radius 1 is 1.12 bits per heavy atom. The van der Waals surface area contributed by atoms with Crippen molar-refractivity contribution in [1.82, 2.24) is 0 Å². The Bertz CT molecular complexity index is 361. The van der Waals surface area contributed by atoms with E-state index >= 15 is 0 Å². The summed E-state index contributed by atoms with van der Waals surface area (Å²) < 4.78 is 0. The van der Waals surface area contributed by atoms with Crippen LogP contribution in [0.15, 0.2) is 24.3 Å². The molecule has 0 radical (unpaired) electrons. The molecule has 0 amide bonds. The molecule has 1 unspecified atom stereocenters. The van der Waals surface area contributed by atoms with Gasteiger partial charge in [-0.25, -0.2) is 0 Å². The lowest BCUT2D eigenvalue weighted by Crippen LogP contribution is -2.18. The average molecular weight is 230 g/mol. The van der Waals surface area contributed by atoms with Crippen LogP contribution < -0.4 is 10.2 Å². The summed E-state index contributed by atoms with van der Waals surface area (Å²) in [6.45, 7) is 4.75. The Morgan fingerprint density at radius 3 is 2.35 bits per heavy atom. The molecule has 1 aromatic carbocycles. The normalized spacial score (nSPS) is 21.6. The maximum absolute atomic E-state index is 3.60. The molecule has 1 N–H and O–H groups in total. The molecule has 3 rings (SSSR count). The molecule has 92 valence electrons. The highest BCUT2D eigenvalue weighted by atomic mass is 15.1. The number of hydrogen-bond acceptors (Lipinski definition) is 2. The standard InChI is InChI=1S/C15H22N2/c1-12(13-4-5-13)16-14-6-8-15(9-7-14)17-10-2-3-11-17/h6-9,12-13,16H,2-5,10-11H2,1H3. The molecule has 2 aliphatic rings.